The van der Waals surface area contributed by atoms with Gasteiger partial charge in [0.05, 0.1) is 0 Å². The van der Waals surface area contributed by atoms with Gasteiger partial charge >= 0.3 is 211 Å². The first-order valence-electron chi connectivity index (χ1n) is 13.6. The Hall–Kier alpha value is -0.413. The standard InChI is InChI=1S/2C13H15.C5H10Si.2ClH.Hf/c2*1-3-10-8-9-11(4-2)13-7-5-6-12(10)13;1-2-4-6-5-3-1;;;/h2*5-9H,3-4H2,1-2H3;1-5H2;2*1H;/q;;;;;+2/p-2. The van der Waals surface area contributed by atoms with Crippen molar-refractivity contribution in [1.82, 2.24) is 0 Å². The number of rotatable bonds is 6. The van der Waals surface area contributed by atoms with Gasteiger partial charge in [-0.2, -0.15) is 0 Å². The van der Waals surface area contributed by atoms with Crippen molar-refractivity contribution in [3.63, 3.8) is 0 Å². The Morgan fingerprint density at radius 1 is 0.629 bits per heavy atom. The van der Waals surface area contributed by atoms with Gasteiger partial charge in [0.1, 0.15) is 0 Å². The van der Waals surface area contributed by atoms with E-state index in [-0.39, 0.29) is 30.3 Å². The first-order valence-corrected chi connectivity index (χ1v) is 25.0. The molecule has 3 aliphatic rings. The van der Waals surface area contributed by atoms with Crippen molar-refractivity contribution in [2.24, 2.45) is 0 Å². The van der Waals surface area contributed by atoms with Gasteiger partial charge in [-0.3, -0.25) is 0 Å². The predicted molar refractivity (Wildman–Crippen MR) is 143 cm³/mol. The number of aryl methyl sites for hydroxylation is 4. The second-order valence-electron chi connectivity index (χ2n) is 10.1. The van der Waals surface area contributed by atoms with Gasteiger partial charge in [-0.25, -0.2) is 0 Å². The third kappa shape index (κ3) is 5.29. The molecule has 2 unspecified atom stereocenters. The maximum atomic E-state index is 2.73. The Bertz CT molecular complexity index is 1070. The molecule has 0 nitrogen and oxygen atoms in total. The summed E-state index contributed by atoms with van der Waals surface area (Å²) in [6, 6.07) is 13.1. The van der Waals surface area contributed by atoms with E-state index in [0.29, 0.717) is 0 Å². The van der Waals surface area contributed by atoms with E-state index in [1.807, 2.05) is 0 Å². The maximum absolute atomic E-state index is 2.73. The van der Waals surface area contributed by atoms with Crippen LogP contribution in [0.5, 0.6) is 0 Å². The van der Waals surface area contributed by atoms with Gasteiger partial charge in [-0.15, -0.1) is 0 Å². The number of fused-ring (bicyclic) bond motifs is 2. The van der Waals surface area contributed by atoms with Gasteiger partial charge in [-0.1, -0.05) is 0 Å². The SMILES string of the molecule is CCc1ccc(CC)c2c1C=C[CH]2[Hf+2]([CH]1C=Cc2c(CC)ccc(CC)c21)=[Si]1CCCCC1.[Cl-].[Cl-]. The molecule has 2 aliphatic carbocycles. The van der Waals surface area contributed by atoms with Crippen molar-refractivity contribution < 1.29 is 44.9 Å². The van der Waals surface area contributed by atoms with Crippen LogP contribution in [-0.2, 0) is 45.7 Å². The van der Waals surface area contributed by atoms with E-state index in [1.165, 1.54) is 32.1 Å². The average molecular weight is 690 g/mol. The Labute approximate surface area is 234 Å². The topological polar surface area (TPSA) is 0 Å². The number of halogens is 2. The molecular formula is C31H40Cl2HfSi. The molecule has 2 atom stereocenters. The van der Waals surface area contributed by atoms with E-state index in [1.54, 1.807) is 56.6 Å². The summed E-state index contributed by atoms with van der Waals surface area (Å²) in [7, 11) is 0. The average Bonchev–Trinajstić information content (AvgIpc) is 3.50. The Morgan fingerprint density at radius 2 is 1.03 bits per heavy atom. The summed E-state index contributed by atoms with van der Waals surface area (Å²) in [5.41, 5.74) is 13.1. The number of allylic oxidation sites excluding steroid dienone is 2. The summed E-state index contributed by atoms with van der Waals surface area (Å²) in [6.07, 6.45) is 19.8. The zero-order valence-corrected chi connectivity index (χ0v) is 28.0. The minimum absolute atomic E-state index is 0. The Morgan fingerprint density at radius 3 is 1.43 bits per heavy atom. The molecule has 2 aromatic rings. The molecule has 4 heteroatoms. The van der Waals surface area contributed by atoms with E-state index < -0.39 is 20.1 Å². The largest absolute Gasteiger partial charge is 1.00 e. The van der Waals surface area contributed by atoms with Crippen molar-refractivity contribution >= 4 is 17.6 Å². The third-order valence-electron chi connectivity index (χ3n) is 8.53. The van der Waals surface area contributed by atoms with Gasteiger partial charge in [0, 0.05) is 0 Å². The van der Waals surface area contributed by atoms with Crippen LogP contribution in [0, 0.1) is 0 Å². The molecule has 1 aliphatic heterocycles. The summed E-state index contributed by atoms with van der Waals surface area (Å²) in [5.74, 6) is 0. The monoisotopic (exact) mass is 690 g/mol. The van der Waals surface area contributed by atoms with Gasteiger partial charge in [0.25, 0.3) is 0 Å². The molecule has 0 bridgehead atoms. The third-order valence-corrected chi connectivity index (χ3v) is 38.8. The normalized spacial score (nSPS) is 19.5. The van der Waals surface area contributed by atoms with Crippen LogP contribution >= 0.6 is 0 Å². The second-order valence-corrected chi connectivity index (χ2v) is 32.4. The molecule has 186 valence electrons. The zero-order chi connectivity index (χ0) is 22.9. The summed E-state index contributed by atoms with van der Waals surface area (Å²) >= 11 is -2.12. The fourth-order valence-corrected chi connectivity index (χ4v) is 41.6. The van der Waals surface area contributed by atoms with Gasteiger partial charge in [0.15, 0.2) is 0 Å². The molecule has 2 aromatic carbocycles. The van der Waals surface area contributed by atoms with Crippen molar-refractivity contribution in [3.05, 3.63) is 80.9 Å². The van der Waals surface area contributed by atoms with Crippen molar-refractivity contribution in [2.75, 3.05) is 0 Å². The van der Waals surface area contributed by atoms with Crippen molar-refractivity contribution in [1.29, 1.82) is 0 Å². The zero-order valence-electron chi connectivity index (χ0n) is 21.9. The summed E-state index contributed by atoms with van der Waals surface area (Å²) in [5, 5.41) is 0. The van der Waals surface area contributed by atoms with Gasteiger partial charge < -0.3 is 24.8 Å². The van der Waals surface area contributed by atoms with Crippen LogP contribution in [0.3, 0.4) is 0 Å². The molecule has 1 saturated heterocycles. The smallest absolute Gasteiger partial charge is 1.00 e. The Kier molecular flexibility index (Phi) is 10.7. The molecule has 0 saturated carbocycles. The molecular weight excluding hydrogens is 650 g/mol. The fraction of sp³-hybridized carbons (Fsp3) is 0.484. The summed E-state index contributed by atoms with van der Waals surface area (Å²) < 4.78 is 1.63. The van der Waals surface area contributed by atoms with Gasteiger partial charge in [-0.05, 0) is 0 Å². The fourth-order valence-electron chi connectivity index (χ4n) is 6.81. The molecule has 35 heavy (non-hydrogen) atoms. The second kappa shape index (κ2) is 12.9. The molecule has 1 fully saturated rings. The van der Waals surface area contributed by atoms with Crippen LogP contribution in [0.25, 0.3) is 12.2 Å². The summed E-state index contributed by atoms with van der Waals surface area (Å²) in [6.45, 7) is 9.44. The molecule has 1 heterocycles. The van der Waals surface area contributed by atoms with Crippen LogP contribution in [0.15, 0.2) is 36.4 Å². The van der Waals surface area contributed by atoms with Crippen LogP contribution < -0.4 is 24.8 Å². The first-order chi connectivity index (χ1) is 16.2. The Balaban J connectivity index is 0.00000171. The maximum Gasteiger partial charge on any atom is -1.00 e. The molecule has 0 N–H and O–H groups in total. The molecule has 0 aromatic heterocycles. The number of hydrogen-bond acceptors (Lipinski definition) is 0. The van der Waals surface area contributed by atoms with E-state index in [4.69, 9.17) is 0 Å². The van der Waals surface area contributed by atoms with Crippen molar-refractivity contribution in [2.45, 2.75) is 92.1 Å². The first kappa shape index (κ1) is 29.1. The van der Waals surface area contributed by atoms with Crippen LogP contribution in [-0.4, -0.2) is 5.49 Å². The minimum atomic E-state index is -2.12. The molecule has 0 radical (unpaired) electrons. The van der Waals surface area contributed by atoms with Crippen LogP contribution in [0.2, 0.25) is 12.1 Å². The summed E-state index contributed by atoms with van der Waals surface area (Å²) in [4.78, 5) is 0. The molecule has 0 amide bonds. The molecule has 0 spiro atoms. The van der Waals surface area contributed by atoms with Crippen LogP contribution in [0.1, 0.15) is 98.8 Å². The van der Waals surface area contributed by atoms with Gasteiger partial charge in [0.2, 0.25) is 0 Å². The van der Waals surface area contributed by atoms with Crippen molar-refractivity contribution in [3.8, 4) is 0 Å². The van der Waals surface area contributed by atoms with Crippen LogP contribution in [0.4, 0.5) is 0 Å². The quantitative estimate of drug-likeness (QED) is 0.410. The van der Waals surface area contributed by atoms with E-state index in [9.17, 15) is 0 Å². The van der Waals surface area contributed by atoms with E-state index >= 15 is 0 Å². The number of benzene rings is 2. The van der Waals surface area contributed by atoms with E-state index in [0.717, 1.165) is 20.2 Å². The van der Waals surface area contributed by atoms with E-state index in [2.05, 4.69) is 76.3 Å². The minimum Gasteiger partial charge on any atom is -1.00 e. The predicted octanol–water partition coefficient (Wildman–Crippen LogP) is 2.57. The molecule has 5 rings (SSSR count). The number of hydrogen-bond donors (Lipinski definition) is 0.